The Balaban J connectivity index is 1.71. The number of aromatic nitrogens is 2. The van der Waals surface area contributed by atoms with Gasteiger partial charge in [-0.1, -0.05) is 23.2 Å². The summed E-state index contributed by atoms with van der Waals surface area (Å²) >= 11 is 11.8. The Hall–Kier alpha value is -2.46. The molecule has 8 nitrogen and oxygen atoms in total. The van der Waals surface area contributed by atoms with Gasteiger partial charge in [0.15, 0.2) is 0 Å². The molecule has 0 spiro atoms. The lowest BCUT2D eigenvalue weighted by Gasteiger charge is -2.09. The third-order valence-electron chi connectivity index (χ3n) is 3.43. The monoisotopic (exact) mass is 429 g/mol. The summed E-state index contributed by atoms with van der Waals surface area (Å²) in [4.78, 5) is 15.4. The lowest BCUT2D eigenvalue weighted by molar-refractivity contribution is 0.447. The summed E-state index contributed by atoms with van der Waals surface area (Å²) in [5.41, 5.74) is -0.606. The fourth-order valence-corrected chi connectivity index (χ4v) is 3.70. The molecule has 0 amide bonds. The second kappa shape index (κ2) is 7.65. The van der Waals surface area contributed by atoms with E-state index >= 15 is 0 Å². The van der Waals surface area contributed by atoms with E-state index in [2.05, 4.69) is 14.7 Å². The largest absolute Gasteiger partial charge is 0.493 e. The Morgan fingerprint density at radius 3 is 2.19 bits per heavy atom. The van der Waals surface area contributed by atoms with Crippen LogP contribution in [0.25, 0.3) is 0 Å². The van der Waals surface area contributed by atoms with Gasteiger partial charge in [-0.05, 0) is 42.5 Å². The zero-order valence-electron chi connectivity index (χ0n) is 13.5. The molecule has 27 heavy (non-hydrogen) atoms. The number of ether oxygens (including phenoxy) is 1. The molecule has 0 unspecified atom stereocenters. The Morgan fingerprint density at radius 1 is 1.00 bits per heavy atom. The fraction of sp³-hybridized carbons (Fsp3) is 0.0625. The van der Waals surface area contributed by atoms with Gasteiger partial charge in [0.25, 0.3) is 0 Å². The van der Waals surface area contributed by atoms with Crippen LogP contribution in [0.5, 0.6) is 17.4 Å². The van der Waals surface area contributed by atoms with Crippen LogP contribution in [0.2, 0.25) is 10.0 Å². The average molecular weight is 430 g/mol. The Bertz CT molecular complexity index is 1100. The number of sulfonamides is 1. The molecule has 0 aliphatic carbocycles. The van der Waals surface area contributed by atoms with Gasteiger partial charge in [-0.3, -0.25) is 4.98 Å². The van der Waals surface area contributed by atoms with Crippen molar-refractivity contribution in [1.82, 2.24) is 14.7 Å². The minimum atomic E-state index is -3.86. The SMILES string of the molecule is O=c1[nH]c(O)c(CNS(=O)(=O)c2ccc(Oc3cc(Cl)cc(Cl)c3)cc2)[nH]1. The molecule has 2 aromatic carbocycles. The fourth-order valence-electron chi connectivity index (χ4n) is 2.20. The van der Waals surface area contributed by atoms with Gasteiger partial charge >= 0.3 is 5.69 Å². The molecule has 11 heteroatoms. The van der Waals surface area contributed by atoms with Gasteiger partial charge < -0.3 is 14.8 Å². The first kappa shape index (κ1) is 19.3. The van der Waals surface area contributed by atoms with Crippen LogP contribution in [-0.4, -0.2) is 23.5 Å². The van der Waals surface area contributed by atoms with Crippen molar-refractivity contribution in [2.45, 2.75) is 11.4 Å². The molecule has 0 saturated heterocycles. The van der Waals surface area contributed by atoms with E-state index in [1.54, 1.807) is 18.2 Å². The standard InChI is InChI=1S/C16H13Cl2N3O5S/c17-9-5-10(18)7-12(6-9)26-11-1-3-13(4-2-11)27(24,25)19-8-14-15(22)21-16(23)20-14/h1-7,19,22H,8H2,(H2,20,21,23). The van der Waals surface area contributed by atoms with Crippen molar-refractivity contribution in [3.8, 4) is 17.4 Å². The number of rotatable bonds is 6. The number of nitrogens with one attached hydrogen (secondary N) is 3. The maximum absolute atomic E-state index is 12.3. The van der Waals surface area contributed by atoms with Crippen LogP contribution in [-0.2, 0) is 16.6 Å². The summed E-state index contributed by atoms with van der Waals surface area (Å²) in [6, 6.07) is 10.4. The molecule has 3 rings (SSSR count). The predicted molar refractivity (Wildman–Crippen MR) is 100 cm³/mol. The van der Waals surface area contributed by atoms with Crippen LogP contribution >= 0.6 is 23.2 Å². The molecule has 142 valence electrons. The molecule has 0 saturated carbocycles. The first-order valence-electron chi connectivity index (χ1n) is 7.47. The highest BCUT2D eigenvalue weighted by atomic mass is 35.5. The van der Waals surface area contributed by atoms with Gasteiger partial charge in [0, 0.05) is 10.0 Å². The van der Waals surface area contributed by atoms with E-state index in [-0.39, 0.29) is 17.1 Å². The van der Waals surface area contributed by atoms with Crippen LogP contribution < -0.4 is 15.1 Å². The second-order valence-electron chi connectivity index (χ2n) is 5.41. The van der Waals surface area contributed by atoms with Gasteiger partial charge in [-0.15, -0.1) is 0 Å². The Kier molecular flexibility index (Phi) is 5.47. The van der Waals surface area contributed by atoms with Crippen molar-refractivity contribution in [3.05, 3.63) is 68.7 Å². The first-order chi connectivity index (χ1) is 12.7. The molecule has 0 aliphatic heterocycles. The van der Waals surface area contributed by atoms with E-state index in [0.717, 1.165) is 0 Å². The number of halogens is 2. The summed E-state index contributed by atoms with van der Waals surface area (Å²) in [5.74, 6) is 0.375. The van der Waals surface area contributed by atoms with Gasteiger partial charge in [0.2, 0.25) is 15.9 Å². The van der Waals surface area contributed by atoms with Gasteiger partial charge in [0.05, 0.1) is 17.1 Å². The second-order valence-corrected chi connectivity index (χ2v) is 8.05. The highest BCUT2D eigenvalue weighted by Gasteiger charge is 2.16. The van der Waals surface area contributed by atoms with Gasteiger partial charge in [0.1, 0.15) is 11.5 Å². The molecule has 0 radical (unpaired) electrons. The zero-order chi connectivity index (χ0) is 19.6. The van der Waals surface area contributed by atoms with Crippen LogP contribution in [0.15, 0.2) is 52.2 Å². The molecule has 0 bridgehead atoms. The number of aromatic amines is 2. The molecule has 0 atom stereocenters. The number of aromatic hydroxyl groups is 1. The molecule has 0 aliphatic rings. The lowest BCUT2D eigenvalue weighted by atomic mass is 10.3. The first-order valence-corrected chi connectivity index (χ1v) is 9.71. The third kappa shape index (κ3) is 4.83. The molecule has 3 aromatic rings. The van der Waals surface area contributed by atoms with E-state index < -0.39 is 21.6 Å². The molecular formula is C16H13Cl2N3O5S. The van der Waals surface area contributed by atoms with Crippen LogP contribution in [0.1, 0.15) is 5.69 Å². The quantitative estimate of drug-likeness (QED) is 0.479. The van der Waals surface area contributed by atoms with Crippen molar-refractivity contribution in [1.29, 1.82) is 0 Å². The maximum Gasteiger partial charge on any atom is 0.326 e. The van der Waals surface area contributed by atoms with E-state index in [4.69, 9.17) is 27.9 Å². The van der Waals surface area contributed by atoms with E-state index in [1.807, 2.05) is 0 Å². The normalized spacial score (nSPS) is 11.5. The van der Waals surface area contributed by atoms with E-state index in [1.165, 1.54) is 24.3 Å². The van der Waals surface area contributed by atoms with Gasteiger partial charge in [-0.2, -0.15) is 0 Å². The average Bonchev–Trinajstić information content (AvgIpc) is 2.90. The molecule has 1 heterocycles. The predicted octanol–water partition coefficient (Wildman–Crippen LogP) is 2.99. The number of hydrogen-bond acceptors (Lipinski definition) is 5. The Morgan fingerprint density at radius 2 is 1.63 bits per heavy atom. The van der Waals surface area contributed by atoms with Crippen LogP contribution in [0.3, 0.4) is 0 Å². The third-order valence-corrected chi connectivity index (χ3v) is 5.28. The van der Waals surface area contributed by atoms with Crippen molar-refractivity contribution >= 4 is 33.2 Å². The molecule has 4 N–H and O–H groups in total. The summed E-state index contributed by atoms with van der Waals surface area (Å²) < 4.78 is 32.5. The van der Waals surface area contributed by atoms with E-state index in [0.29, 0.717) is 21.5 Å². The zero-order valence-corrected chi connectivity index (χ0v) is 15.8. The highest BCUT2D eigenvalue weighted by molar-refractivity contribution is 7.89. The van der Waals surface area contributed by atoms with Crippen molar-refractivity contribution in [3.63, 3.8) is 0 Å². The molecular weight excluding hydrogens is 417 g/mol. The highest BCUT2D eigenvalue weighted by Crippen LogP contribution is 2.28. The summed E-state index contributed by atoms with van der Waals surface area (Å²) in [6.07, 6.45) is 0. The summed E-state index contributed by atoms with van der Waals surface area (Å²) in [7, 11) is -3.86. The van der Waals surface area contributed by atoms with Gasteiger partial charge in [-0.25, -0.2) is 17.9 Å². The van der Waals surface area contributed by atoms with Crippen molar-refractivity contribution in [2.75, 3.05) is 0 Å². The minimum absolute atomic E-state index is 0.0173. The maximum atomic E-state index is 12.3. The molecule has 1 aromatic heterocycles. The Labute approximate surface area is 163 Å². The minimum Gasteiger partial charge on any atom is -0.493 e. The number of benzene rings is 2. The van der Waals surface area contributed by atoms with Crippen molar-refractivity contribution in [2.24, 2.45) is 0 Å². The van der Waals surface area contributed by atoms with E-state index in [9.17, 15) is 18.3 Å². The summed E-state index contributed by atoms with van der Waals surface area (Å²) in [5, 5.41) is 10.3. The molecule has 0 fully saturated rings. The van der Waals surface area contributed by atoms with Crippen LogP contribution in [0, 0.1) is 0 Å². The number of hydrogen-bond donors (Lipinski definition) is 4. The van der Waals surface area contributed by atoms with Crippen molar-refractivity contribution < 1.29 is 18.3 Å². The lowest BCUT2D eigenvalue weighted by Crippen LogP contribution is -2.23. The topological polar surface area (TPSA) is 124 Å². The van der Waals surface area contributed by atoms with Crippen LogP contribution in [0.4, 0.5) is 0 Å². The number of H-pyrrole nitrogens is 2. The smallest absolute Gasteiger partial charge is 0.326 e. The summed E-state index contributed by atoms with van der Waals surface area (Å²) in [6.45, 7) is -0.286. The number of imidazole rings is 1.